The number of carbonyl (C=O) groups is 1. The summed E-state index contributed by atoms with van der Waals surface area (Å²) in [6, 6.07) is 15.4. The number of hydrogen-bond acceptors (Lipinski definition) is 3. The maximum atomic E-state index is 12.4. The first-order chi connectivity index (χ1) is 10.6. The summed E-state index contributed by atoms with van der Waals surface area (Å²) < 4.78 is 5.19. The van der Waals surface area contributed by atoms with Crippen molar-refractivity contribution in [1.29, 1.82) is 0 Å². The van der Waals surface area contributed by atoms with Crippen LogP contribution in [-0.2, 0) is 6.54 Å². The van der Waals surface area contributed by atoms with Gasteiger partial charge in [-0.3, -0.25) is 4.79 Å². The molecule has 3 nitrogen and oxygen atoms in total. The van der Waals surface area contributed by atoms with E-state index in [2.05, 4.69) is 19.2 Å². The molecule has 2 aromatic rings. The van der Waals surface area contributed by atoms with Crippen LogP contribution in [0.2, 0.25) is 0 Å². The number of rotatable bonds is 6. The molecule has 2 rings (SSSR count). The molecule has 0 bridgehead atoms. The first kappa shape index (κ1) is 16.4. The third-order valence-corrected chi connectivity index (χ3v) is 4.16. The fraction of sp³-hybridized carbons (Fsp3) is 0.278. The first-order valence-electron chi connectivity index (χ1n) is 7.27. The number of methoxy groups -OCH3 is 1. The molecule has 1 N–H and O–H groups in total. The highest BCUT2D eigenvalue weighted by molar-refractivity contribution is 8.00. The summed E-state index contributed by atoms with van der Waals surface area (Å²) in [6.45, 7) is 4.72. The summed E-state index contributed by atoms with van der Waals surface area (Å²) in [5, 5.41) is 3.41. The van der Waals surface area contributed by atoms with Crippen LogP contribution in [0, 0.1) is 0 Å². The first-order valence-corrected chi connectivity index (χ1v) is 8.15. The molecular formula is C18H21NO2S. The van der Waals surface area contributed by atoms with Crippen LogP contribution in [0.25, 0.3) is 0 Å². The highest BCUT2D eigenvalue weighted by Gasteiger charge is 2.12. The Hall–Kier alpha value is -1.94. The van der Waals surface area contributed by atoms with Gasteiger partial charge in [0.05, 0.1) is 12.7 Å². The van der Waals surface area contributed by atoms with Crippen LogP contribution in [0.1, 0.15) is 29.8 Å². The minimum Gasteiger partial charge on any atom is -0.497 e. The Morgan fingerprint density at radius 1 is 1.18 bits per heavy atom. The predicted molar refractivity (Wildman–Crippen MR) is 91.6 cm³/mol. The molecule has 0 heterocycles. The summed E-state index contributed by atoms with van der Waals surface area (Å²) in [6.07, 6.45) is 0. The van der Waals surface area contributed by atoms with Crippen molar-refractivity contribution in [3.05, 3.63) is 59.7 Å². The van der Waals surface area contributed by atoms with E-state index < -0.39 is 0 Å². The van der Waals surface area contributed by atoms with E-state index in [4.69, 9.17) is 4.74 Å². The number of carbonyl (C=O) groups excluding carboxylic acids is 1. The molecule has 0 aliphatic heterocycles. The van der Waals surface area contributed by atoms with E-state index in [1.165, 1.54) is 0 Å². The van der Waals surface area contributed by atoms with Gasteiger partial charge in [0.2, 0.25) is 0 Å². The number of benzene rings is 2. The van der Waals surface area contributed by atoms with Crippen molar-refractivity contribution >= 4 is 17.7 Å². The fourth-order valence-electron chi connectivity index (χ4n) is 2.07. The van der Waals surface area contributed by atoms with Crippen molar-refractivity contribution < 1.29 is 9.53 Å². The van der Waals surface area contributed by atoms with E-state index >= 15 is 0 Å². The molecular weight excluding hydrogens is 294 g/mol. The van der Waals surface area contributed by atoms with Crippen LogP contribution in [0.5, 0.6) is 5.75 Å². The third-order valence-electron chi connectivity index (χ3n) is 3.08. The molecule has 0 aromatic heterocycles. The number of thioether (sulfide) groups is 1. The van der Waals surface area contributed by atoms with Gasteiger partial charge < -0.3 is 10.1 Å². The topological polar surface area (TPSA) is 38.3 Å². The van der Waals surface area contributed by atoms with Crippen molar-refractivity contribution in [3.8, 4) is 5.75 Å². The molecule has 4 heteroatoms. The van der Waals surface area contributed by atoms with Crippen LogP contribution < -0.4 is 10.1 Å². The van der Waals surface area contributed by atoms with Gasteiger partial charge in [-0.1, -0.05) is 38.1 Å². The summed E-state index contributed by atoms with van der Waals surface area (Å²) in [7, 11) is 1.64. The molecule has 0 aliphatic rings. The number of ether oxygens (including phenoxy) is 1. The van der Waals surface area contributed by atoms with Crippen molar-refractivity contribution in [2.45, 2.75) is 30.5 Å². The van der Waals surface area contributed by atoms with Crippen molar-refractivity contribution in [3.63, 3.8) is 0 Å². The monoisotopic (exact) mass is 315 g/mol. The van der Waals surface area contributed by atoms with Crippen LogP contribution in [0.15, 0.2) is 53.4 Å². The Balaban J connectivity index is 2.06. The predicted octanol–water partition coefficient (Wildman–Crippen LogP) is 4.13. The van der Waals surface area contributed by atoms with Gasteiger partial charge in [0.1, 0.15) is 5.75 Å². The summed E-state index contributed by atoms with van der Waals surface area (Å²) in [4.78, 5) is 13.4. The maximum absolute atomic E-state index is 12.4. The van der Waals surface area contributed by atoms with Crippen LogP contribution in [0.4, 0.5) is 0 Å². The van der Waals surface area contributed by atoms with E-state index in [-0.39, 0.29) is 5.91 Å². The zero-order chi connectivity index (χ0) is 15.9. The molecule has 116 valence electrons. The summed E-state index contributed by atoms with van der Waals surface area (Å²) in [5.74, 6) is 0.745. The lowest BCUT2D eigenvalue weighted by Crippen LogP contribution is -2.23. The van der Waals surface area contributed by atoms with Crippen LogP contribution >= 0.6 is 11.8 Å². The Labute approximate surface area is 136 Å². The molecule has 0 radical (unpaired) electrons. The highest BCUT2D eigenvalue weighted by Crippen LogP contribution is 2.26. The third kappa shape index (κ3) is 4.53. The van der Waals surface area contributed by atoms with Crippen LogP contribution in [0.3, 0.4) is 0 Å². The van der Waals surface area contributed by atoms with Gasteiger partial charge in [-0.15, -0.1) is 11.8 Å². The van der Waals surface area contributed by atoms with Gasteiger partial charge in [-0.25, -0.2) is 0 Å². The van der Waals surface area contributed by atoms with Crippen molar-refractivity contribution in [2.75, 3.05) is 7.11 Å². The van der Waals surface area contributed by atoms with Gasteiger partial charge >= 0.3 is 0 Å². The maximum Gasteiger partial charge on any atom is 0.252 e. The van der Waals surface area contributed by atoms with Crippen LogP contribution in [-0.4, -0.2) is 18.3 Å². The Bertz CT molecular complexity index is 640. The largest absolute Gasteiger partial charge is 0.497 e. The molecule has 2 aromatic carbocycles. The summed E-state index contributed by atoms with van der Waals surface area (Å²) in [5.41, 5.74) is 1.74. The van der Waals surface area contributed by atoms with E-state index in [0.29, 0.717) is 11.8 Å². The molecule has 0 spiro atoms. The van der Waals surface area contributed by atoms with E-state index in [1.807, 2.05) is 48.5 Å². The van der Waals surface area contributed by atoms with Gasteiger partial charge in [-0.05, 0) is 29.8 Å². The fourth-order valence-corrected chi connectivity index (χ4v) is 3.02. The van der Waals surface area contributed by atoms with Crippen molar-refractivity contribution in [2.24, 2.45) is 0 Å². The smallest absolute Gasteiger partial charge is 0.252 e. The average Bonchev–Trinajstić information content (AvgIpc) is 2.53. The summed E-state index contributed by atoms with van der Waals surface area (Å²) >= 11 is 1.70. The molecule has 0 aliphatic carbocycles. The molecule has 0 unspecified atom stereocenters. The second kappa shape index (κ2) is 7.90. The molecule has 0 fully saturated rings. The quantitative estimate of drug-likeness (QED) is 0.815. The SMILES string of the molecule is COc1cccc(CNC(=O)c2ccccc2SC(C)C)c1. The Morgan fingerprint density at radius 3 is 2.68 bits per heavy atom. The van der Waals surface area contributed by atoms with Gasteiger partial charge in [0.15, 0.2) is 0 Å². The Kier molecular flexibility index (Phi) is 5.90. The molecule has 0 saturated carbocycles. The second-order valence-electron chi connectivity index (χ2n) is 5.20. The van der Waals surface area contributed by atoms with Gasteiger partial charge in [0, 0.05) is 16.7 Å². The normalized spacial score (nSPS) is 10.5. The van der Waals surface area contributed by atoms with Gasteiger partial charge in [0.25, 0.3) is 5.91 Å². The lowest BCUT2D eigenvalue weighted by atomic mass is 10.2. The van der Waals surface area contributed by atoms with E-state index in [9.17, 15) is 4.79 Å². The lowest BCUT2D eigenvalue weighted by molar-refractivity contribution is 0.0948. The molecule has 0 saturated heterocycles. The van der Waals surface area contributed by atoms with E-state index in [0.717, 1.165) is 21.8 Å². The van der Waals surface area contributed by atoms with Gasteiger partial charge in [-0.2, -0.15) is 0 Å². The standard InChI is InChI=1S/C18H21NO2S/c1-13(2)22-17-10-5-4-9-16(17)18(20)19-12-14-7-6-8-15(11-14)21-3/h4-11,13H,12H2,1-3H3,(H,19,20). The zero-order valence-corrected chi connectivity index (χ0v) is 13.9. The Morgan fingerprint density at radius 2 is 1.95 bits per heavy atom. The van der Waals surface area contributed by atoms with E-state index in [1.54, 1.807) is 18.9 Å². The minimum absolute atomic E-state index is 0.0495. The molecule has 22 heavy (non-hydrogen) atoms. The average molecular weight is 315 g/mol. The zero-order valence-electron chi connectivity index (χ0n) is 13.1. The highest BCUT2D eigenvalue weighted by atomic mass is 32.2. The van der Waals surface area contributed by atoms with Crippen molar-refractivity contribution in [1.82, 2.24) is 5.32 Å². The second-order valence-corrected chi connectivity index (χ2v) is 6.82. The lowest BCUT2D eigenvalue weighted by Gasteiger charge is -2.12. The molecule has 1 amide bonds. The number of hydrogen-bond donors (Lipinski definition) is 1. The minimum atomic E-state index is -0.0495. The number of nitrogens with one attached hydrogen (secondary N) is 1. The molecule has 0 atom stereocenters. The number of amides is 1.